The SMILES string of the molecule is CC1COCCC12CC2CN. The molecule has 0 aromatic heterocycles. The van der Waals surface area contributed by atoms with Crippen LogP contribution in [-0.4, -0.2) is 19.8 Å². The van der Waals surface area contributed by atoms with Crippen molar-refractivity contribution in [1.82, 2.24) is 0 Å². The van der Waals surface area contributed by atoms with Crippen molar-refractivity contribution in [3.63, 3.8) is 0 Å². The van der Waals surface area contributed by atoms with Gasteiger partial charge in [-0.3, -0.25) is 0 Å². The van der Waals surface area contributed by atoms with Crippen LogP contribution < -0.4 is 5.73 Å². The van der Waals surface area contributed by atoms with E-state index in [2.05, 4.69) is 6.92 Å². The molecule has 2 heteroatoms. The maximum absolute atomic E-state index is 5.66. The first kappa shape index (κ1) is 7.56. The van der Waals surface area contributed by atoms with Crippen molar-refractivity contribution in [2.75, 3.05) is 19.8 Å². The standard InChI is InChI=1S/C9H17NO/c1-7-6-11-3-2-9(7)4-8(9)5-10/h7-8H,2-6,10H2,1H3. The van der Waals surface area contributed by atoms with Gasteiger partial charge in [0.05, 0.1) is 0 Å². The number of ether oxygens (including phenoxy) is 1. The lowest BCUT2D eigenvalue weighted by molar-refractivity contribution is 0.00754. The summed E-state index contributed by atoms with van der Waals surface area (Å²) in [6, 6.07) is 0. The highest BCUT2D eigenvalue weighted by Crippen LogP contribution is 2.61. The zero-order valence-corrected chi connectivity index (χ0v) is 7.18. The smallest absolute Gasteiger partial charge is 0.0497 e. The Bertz CT molecular complexity index is 160. The van der Waals surface area contributed by atoms with E-state index in [4.69, 9.17) is 10.5 Å². The fraction of sp³-hybridized carbons (Fsp3) is 1.00. The Kier molecular flexibility index (Phi) is 1.69. The maximum Gasteiger partial charge on any atom is 0.0497 e. The van der Waals surface area contributed by atoms with Crippen LogP contribution in [-0.2, 0) is 4.74 Å². The molecule has 0 radical (unpaired) electrons. The van der Waals surface area contributed by atoms with E-state index in [0.717, 1.165) is 31.6 Å². The van der Waals surface area contributed by atoms with Crippen LogP contribution in [0, 0.1) is 17.3 Å². The van der Waals surface area contributed by atoms with E-state index < -0.39 is 0 Å². The van der Waals surface area contributed by atoms with Crippen LogP contribution in [0.5, 0.6) is 0 Å². The third-order valence-electron chi connectivity index (χ3n) is 3.63. The summed E-state index contributed by atoms with van der Waals surface area (Å²) in [6.45, 7) is 5.09. The van der Waals surface area contributed by atoms with Crippen molar-refractivity contribution >= 4 is 0 Å². The fourth-order valence-electron chi connectivity index (χ4n) is 2.56. The first-order valence-electron chi connectivity index (χ1n) is 4.57. The summed E-state index contributed by atoms with van der Waals surface area (Å²) < 4.78 is 5.41. The minimum Gasteiger partial charge on any atom is -0.381 e. The molecule has 2 N–H and O–H groups in total. The van der Waals surface area contributed by atoms with Crippen LogP contribution in [0.15, 0.2) is 0 Å². The fourth-order valence-corrected chi connectivity index (χ4v) is 2.56. The molecule has 1 heterocycles. The number of nitrogens with two attached hydrogens (primary N) is 1. The third-order valence-corrected chi connectivity index (χ3v) is 3.63. The lowest BCUT2D eigenvalue weighted by Crippen LogP contribution is -2.29. The molecule has 2 nitrogen and oxygen atoms in total. The first-order valence-corrected chi connectivity index (χ1v) is 4.57. The number of rotatable bonds is 1. The molecule has 1 aliphatic heterocycles. The number of hydrogen-bond acceptors (Lipinski definition) is 2. The van der Waals surface area contributed by atoms with Gasteiger partial charge in [-0.2, -0.15) is 0 Å². The molecule has 3 unspecified atom stereocenters. The van der Waals surface area contributed by atoms with Gasteiger partial charge < -0.3 is 10.5 Å². The van der Waals surface area contributed by atoms with E-state index in [-0.39, 0.29) is 0 Å². The van der Waals surface area contributed by atoms with E-state index in [9.17, 15) is 0 Å². The molecule has 11 heavy (non-hydrogen) atoms. The van der Waals surface area contributed by atoms with Gasteiger partial charge in [0.25, 0.3) is 0 Å². The molecule has 0 aromatic rings. The van der Waals surface area contributed by atoms with Gasteiger partial charge in [0.2, 0.25) is 0 Å². The summed E-state index contributed by atoms with van der Waals surface area (Å²) >= 11 is 0. The Morgan fingerprint density at radius 2 is 2.45 bits per heavy atom. The molecule has 0 aromatic carbocycles. The topological polar surface area (TPSA) is 35.2 Å². The van der Waals surface area contributed by atoms with Gasteiger partial charge in [-0.25, -0.2) is 0 Å². The van der Waals surface area contributed by atoms with Gasteiger partial charge in [0.1, 0.15) is 0 Å². The Morgan fingerprint density at radius 3 is 3.00 bits per heavy atom. The van der Waals surface area contributed by atoms with Crippen molar-refractivity contribution < 1.29 is 4.74 Å². The van der Waals surface area contributed by atoms with E-state index in [1.54, 1.807) is 0 Å². The van der Waals surface area contributed by atoms with E-state index in [1.807, 2.05) is 0 Å². The monoisotopic (exact) mass is 155 g/mol. The van der Waals surface area contributed by atoms with Crippen molar-refractivity contribution in [1.29, 1.82) is 0 Å². The molecule has 2 rings (SSSR count). The van der Waals surface area contributed by atoms with Gasteiger partial charge >= 0.3 is 0 Å². The average molecular weight is 155 g/mol. The van der Waals surface area contributed by atoms with Gasteiger partial charge in [-0.15, -0.1) is 0 Å². The summed E-state index contributed by atoms with van der Waals surface area (Å²) in [7, 11) is 0. The van der Waals surface area contributed by atoms with Crippen LogP contribution >= 0.6 is 0 Å². The predicted molar refractivity (Wildman–Crippen MR) is 44.2 cm³/mol. The molecule has 0 amide bonds. The maximum atomic E-state index is 5.66. The second-order valence-electron chi connectivity index (χ2n) is 4.10. The highest BCUT2D eigenvalue weighted by atomic mass is 16.5. The lowest BCUT2D eigenvalue weighted by atomic mass is 9.84. The number of hydrogen-bond donors (Lipinski definition) is 1. The molecule has 1 aliphatic carbocycles. The quantitative estimate of drug-likeness (QED) is 0.613. The Morgan fingerprint density at radius 1 is 1.64 bits per heavy atom. The highest BCUT2D eigenvalue weighted by molar-refractivity contribution is 5.06. The average Bonchev–Trinajstić information content (AvgIpc) is 2.72. The van der Waals surface area contributed by atoms with Crippen molar-refractivity contribution in [3.8, 4) is 0 Å². The van der Waals surface area contributed by atoms with Crippen LogP contribution in [0.1, 0.15) is 19.8 Å². The van der Waals surface area contributed by atoms with E-state index in [0.29, 0.717) is 5.41 Å². The molecule has 64 valence electrons. The van der Waals surface area contributed by atoms with Crippen LogP contribution in [0.4, 0.5) is 0 Å². The van der Waals surface area contributed by atoms with E-state index in [1.165, 1.54) is 12.8 Å². The zero-order chi connectivity index (χ0) is 7.90. The van der Waals surface area contributed by atoms with Crippen LogP contribution in [0.25, 0.3) is 0 Å². The van der Waals surface area contributed by atoms with Gasteiger partial charge in [-0.05, 0) is 36.6 Å². The Labute approximate surface area is 68.1 Å². The normalized spacial score (nSPS) is 49.6. The highest BCUT2D eigenvalue weighted by Gasteiger charge is 2.56. The molecular weight excluding hydrogens is 138 g/mol. The molecule has 3 atom stereocenters. The minimum absolute atomic E-state index is 0.604. The summed E-state index contributed by atoms with van der Waals surface area (Å²) in [5.74, 6) is 1.55. The third kappa shape index (κ3) is 1.00. The molecule has 1 saturated carbocycles. The summed E-state index contributed by atoms with van der Waals surface area (Å²) in [4.78, 5) is 0. The second-order valence-corrected chi connectivity index (χ2v) is 4.10. The molecular formula is C9H17NO. The molecule has 2 aliphatic rings. The molecule has 1 spiro atoms. The molecule has 1 saturated heterocycles. The minimum atomic E-state index is 0.604. The predicted octanol–water partition coefficient (Wildman–Crippen LogP) is 1.01. The first-order chi connectivity index (χ1) is 5.29. The summed E-state index contributed by atoms with van der Waals surface area (Å²) in [5, 5.41) is 0. The van der Waals surface area contributed by atoms with Gasteiger partial charge in [0, 0.05) is 13.2 Å². The summed E-state index contributed by atoms with van der Waals surface area (Å²) in [5.41, 5.74) is 6.26. The van der Waals surface area contributed by atoms with Crippen LogP contribution in [0.3, 0.4) is 0 Å². The summed E-state index contributed by atoms with van der Waals surface area (Å²) in [6.07, 6.45) is 2.60. The van der Waals surface area contributed by atoms with Gasteiger partial charge in [0.15, 0.2) is 0 Å². The largest absolute Gasteiger partial charge is 0.381 e. The Balaban J connectivity index is 2.01. The van der Waals surface area contributed by atoms with E-state index >= 15 is 0 Å². The Hall–Kier alpha value is -0.0800. The molecule has 0 bridgehead atoms. The van der Waals surface area contributed by atoms with Gasteiger partial charge in [-0.1, -0.05) is 6.92 Å². The van der Waals surface area contributed by atoms with Crippen molar-refractivity contribution in [2.45, 2.75) is 19.8 Å². The van der Waals surface area contributed by atoms with Crippen molar-refractivity contribution in [3.05, 3.63) is 0 Å². The van der Waals surface area contributed by atoms with Crippen LogP contribution in [0.2, 0.25) is 0 Å². The lowest BCUT2D eigenvalue weighted by Gasteiger charge is -2.30. The van der Waals surface area contributed by atoms with Crippen molar-refractivity contribution in [2.24, 2.45) is 23.0 Å². The second kappa shape index (κ2) is 2.46. The molecule has 2 fully saturated rings. The zero-order valence-electron chi connectivity index (χ0n) is 7.18.